The van der Waals surface area contributed by atoms with Gasteiger partial charge in [0.15, 0.2) is 5.96 Å². The Kier molecular flexibility index (Phi) is 8.89. The Morgan fingerprint density at radius 1 is 1.23 bits per heavy atom. The van der Waals surface area contributed by atoms with Crippen LogP contribution in [-0.4, -0.2) is 54.9 Å². The highest BCUT2D eigenvalue weighted by atomic mass is 127. The molecule has 0 bridgehead atoms. The molecule has 0 saturated carbocycles. The summed E-state index contributed by atoms with van der Waals surface area (Å²) in [7, 11) is -5.27. The van der Waals surface area contributed by atoms with Gasteiger partial charge in [0.05, 0.1) is 12.1 Å². The number of halogens is 4. The van der Waals surface area contributed by atoms with Crippen molar-refractivity contribution in [3.8, 4) is 0 Å². The molecule has 0 amide bonds. The van der Waals surface area contributed by atoms with Crippen molar-refractivity contribution >= 4 is 50.9 Å². The third-order valence-corrected chi connectivity index (χ3v) is 6.55. The van der Waals surface area contributed by atoms with E-state index in [2.05, 4.69) is 20.6 Å². The third kappa shape index (κ3) is 6.19. The van der Waals surface area contributed by atoms with Gasteiger partial charge in [0.25, 0.3) is 0 Å². The number of rotatable bonds is 5. The van der Waals surface area contributed by atoms with Crippen LogP contribution in [0.1, 0.15) is 25.3 Å². The quantitative estimate of drug-likeness (QED) is 0.327. The number of sulfonamides is 1. The molecule has 1 aliphatic rings. The average molecular weight is 571 g/mol. The van der Waals surface area contributed by atoms with Gasteiger partial charge >= 0.3 is 15.5 Å². The summed E-state index contributed by atoms with van der Waals surface area (Å²) in [5.41, 5.74) is -3.39. The molecule has 172 valence electrons. The zero-order valence-electron chi connectivity index (χ0n) is 16.9. The number of benzene rings is 1. The number of pyridine rings is 1. The van der Waals surface area contributed by atoms with E-state index >= 15 is 0 Å². The molecule has 1 fully saturated rings. The largest absolute Gasteiger partial charge is 0.511 e. The lowest BCUT2D eigenvalue weighted by molar-refractivity contribution is -0.0494. The molecule has 31 heavy (non-hydrogen) atoms. The predicted molar refractivity (Wildman–Crippen MR) is 125 cm³/mol. The second kappa shape index (κ2) is 10.8. The number of nitrogens with one attached hydrogen (secondary N) is 2. The lowest BCUT2D eigenvalue weighted by Gasteiger charge is -2.32. The Morgan fingerprint density at radius 2 is 1.90 bits per heavy atom. The van der Waals surface area contributed by atoms with Crippen molar-refractivity contribution in [2.75, 3.05) is 19.6 Å². The molecule has 3 rings (SSSR count). The molecular weight excluding hydrogens is 546 g/mol. The normalized spacial score (nSPS) is 16.7. The van der Waals surface area contributed by atoms with E-state index in [9.17, 15) is 21.6 Å². The maximum Gasteiger partial charge on any atom is 0.511 e. The number of aliphatic imine (C=N–C) groups is 1. The Hall–Kier alpha value is -1.67. The molecule has 0 radical (unpaired) electrons. The first-order valence-corrected chi connectivity index (χ1v) is 11.1. The first-order valence-electron chi connectivity index (χ1n) is 9.66. The van der Waals surface area contributed by atoms with E-state index in [1.807, 2.05) is 37.3 Å². The fourth-order valence-electron chi connectivity index (χ4n) is 3.36. The van der Waals surface area contributed by atoms with Crippen molar-refractivity contribution in [1.29, 1.82) is 0 Å². The highest BCUT2D eigenvalue weighted by molar-refractivity contribution is 14.0. The number of hydrogen-bond acceptors (Lipinski definition) is 4. The van der Waals surface area contributed by atoms with E-state index in [1.165, 1.54) is 0 Å². The maximum absolute atomic E-state index is 12.7. The Bertz CT molecular complexity index is 1000. The summed E-state index contributed by atoms with van der Waals surface area (Å²) in [5.74, 6) is 0.538. The van der Waals surface area contributed by atoms with Crippen LogP contribution >= 0.6 is 24.0 Å². The summed E-state index contributed by atoms with van der Waals surface area (Å²) in [6.45, 7) is 2.56. The lowest BCUT2D eigenvalue weighted by atomic mass is 10.1. The van der Waals surface area contributed by atoms with Gasteiger partial charge in [-0.15, -0.1) is 24.0 Å². The Morgan fingerprint density at radius 3 is 2.55 bits per heavy atom. The molecule has 7 nitrogen and oxygen atoms in total. The van der Waals surface area contributed by atoms with Gasteiger partial charge < -0.3 is 10.6 Å². The second-order valence-corrected chi connectivity index (χ2v) is 8.88. The van der Waals surface area contributed by atoms with Crippen LogP contribution in [0, 0.1) is 0 Å². The van der Waals surface area contributed by atoms with Crippen LogP contribution in [0.5, 0.6) is 0 Å². The van der Waals surface area contributed by atoms with E-state index in [1.54, 1.807) is 6.20 Å². The third-order valence-electron chi connectivity index (χ3n) is 4.92. The molecular formula is C19H25F3IN5O2S. The van der Waals surface area contributed by atoms with Crippen LogP contribution in [0.15, 0.2) is 41.5 Å². The molecule has 0 aliphatic carbocycles. The smallest absolute Gasteiger partial charge is 0.357 e. The molecule has 0 atom stereocenters. The van der Waals surface area contributed by atoms with E-state index < -0.39 is 15.5 Å². The first-order chi connectivity index (χ1) is 14.2. The van der Waals surface area contributed by atoms with Crippen LogP contribution in [0.4, 0.5) is 13.2 Å². The number of piperidine rings is 1. The number of para-hydroxylation sites is 1. The highest BCUT2D eigenvalue weighted by Gasteiger charge is 2.50. The van der Waals surface area contributed by atoms with Crippen molar-refractivity contribution in [1.82, 2.24) is 19.9 Å². The molecule has 2 aromatic rings. The molecule has 1 aromatic heterocycles. The minimum atomic E-state index is -5.27. The summed E-state index contributed by atoms with van der Waals surface area (Å²) >= 11 is 0. The molecule has 12 heteroatoms. The van der Waals surface area contributed by atoms with Gasteiger partial charge in [0.2, 0.25) is 0 Å². The van der Waals surface area contributed by atoms with E-state index in [-0.39, 0.29) is 55.9 Å². The fraction of sp³-hybridized carbons (Fsp3) is 0.474. The minimum absolute atomic E-state index is 0. The molecule has 1 aromatic carbocycles. The number of guanidine groups is 1. The van der Waals surface area contributed by atoms with Crippen LogP contribution in [0.25, 0.3) is 10.9 Å². The summed E-state index contributed by atoms with van der Waals surface area (Å²) in [5, 5.41) is 7.34. The first kappa shape index (κ1) is 25.6. The molecule has 1 aliphatic heterocycles. The van der Waals surface area contributed by atoms with Gasteiger partial charge in [-0.3, -0.25) is 4.98 Å². The maximum atomic E-state index is 12.7. The monoisotopic (exact) mass is 571 g/mol. The summed E-state index contributed by atoms with van der Waals surface area (Å²) in [6, 6.07) is 9.48. The van der Waals surface area contributed by atoms with Crippen molar-refractivity contribution in [2.24, 2.45) is 4.99 Å². The molecule has 0 unspecified atom stereocenters. The predicted octanol–water partition coefficient (Wildman–Crippen LogP) is 3.22. The van der Waals surface area contributed by atoms with E-state index in [0.29, 0.717) is 23.4 Å². The summed E-state index contributed by atoms with van der Waals surface area (Å²) in [6.07, 6.45) is 2.25. The standard InChI is InChI=1S/C19H24F3N5O2S.HI/c1-2-23-18(25-13-14-7-10-24-17-6-4-3-5-16(14)17)26-15-8-11-27(12-9-15)30(28,29)19(20,21)22;/h3-7,10,15H,2,8-9,11-13H2,1H3,(H2,23,25,26);1H. The lowest BCUT2D eigenvalue weighted by Crippen LogP contribution is -2.51. The fourth-order valence-corrected chi connectivity index (χ4v) is 4.34. The van der Waals surface area contributed by atoms with Crippen molar-refractivity contribution in [3.63, 3.8) is 0 Å². The molecule has 2 N–H and O–H groups in total. The number of nitrogens with zero attached hydrogens (tertiary/aromatic N) is 3. The number of aromatic nitrogens is 1. The zero-order chi connectivity index (χ0) is 21.8. The van der Waals surface area contributed by atoms with Crippen LogP contribution < -0.4 is 10.6 Å². The topological polar surface area (TPSA) is 86.7 Å². The van der Waals surface area contributed by atoms with Crippen molar-refractivity contribution in [3.05, 3.63) is 42.1 Å². The van der Waals surface area contributed by atoms with Crippen molar-refractivity contribution < 1.29 is 21.6 Å². The van der Waals surface area contributed by atoms with Crippen LogP contribution in [0.2, 0.25) is 0 Å². The average Bonchev–Trinajstić information content (AvgIpc) is 2.72. The van der Waals surface area contributed by atoms with Gasteiger partial charge in [-0.05, 0) is 37.5 Å². The number of fused-ring (bicyclic) bond motifs is 1. The highest BCUT2D eigenvalue weighted by Crippen LogP contribution is 2.29. The van der Waals surface area contributed by atoms with Gasteiger partial charge in [0.1, 0.15) is 0 Å². The number of alkyl halides is 3. The van der Waals surface area contributed by atoms with Crippen LogP contribution in [-0.2, 0) is 16.6 Å². The van der Waals surface area contributed by atoms with E-state index in [0.717, 1.165) is 16.5 Å². The SMILES string of the molecule is CCNC(=NCc1ccnc2ccccc12)NC1CCN(S(=O)(=O)C(F)(F)F)CC1.I. The van der Waals surface area contributed by atoms with Crippen LogP contribution in [0.3, 0.4) is 0 Å². The van der Waals surface area contributed by atoms with Gasteiger partial charge in [-0.25, -0.2) is 13.4 Å². The van der Waals surface area contributed by atoms with Crippen molar-refractivity contribution in [2.45, 2.75) is 37.9 Å². The molecule has 2 heterocycles. The summed E-state index contributed by atoms with van der Waals surface area (Å²) in [4.78, 5) is 8.92. The Labute approximate surface area is 196 Å². The molecule has 1 saturated heterocycles. The Balaban J connectivity index is 0.00000341. The minimum Gasteiger partial charge on any atom is -0.357 e. The number of hydrogen-bond donors (Lipinski definition) is 2. The molecule has 0 spiro atoms. The second-order valence-electron chi connectivity index (χ2n) is 6.95. The summed E-state index contributed by atoms with van der Waals surface area (Å²) < 4.78 is 61.7. The van der Waals surface area contributed by atoms with Gasteiger partial charge in [-0.1, -0.05) is 18.2 Å². The van der Waals surface area contributed by atoms with Gasteiger partial charge in [-0.2, -0.15) is 17.5 Å². The van der Waals surface area contributed by atoms with Gasteiger partial charge in [0, 0.05) is 37.3 Å². The van der Waals surface area contributed by atoms with E-state index in [4.69, 9.17) is 0 Å². The zero-order valence-corrected chi connectivity index (χ0v) is 20.0.